The molecule has 3 nitrogen and oxygen atoms in total. The summed E-state index contributed by atoms with van der Waals surface area (Å²) in [7, 11) is 0. The standard InChI is InChI=1S/C13H15NO2/c1-13(2)11-10-6-4-3-5-9(10)7-8-14(11)16-12(13)15/h3-6,11H,7-8H2,1-2H3. The van der Waals surface area contributed by atoms with Crippen LogP contribution in [0, 0.1) is 5.41 Å². The van der Waals surface area contributed by atoms with Crippen LogP contribution in [0.2, 0.25) is 0 Å². The monoisotopic (exact) mass is 217 g/mol. The van der Waals surface area contributed by atoms with Gasteiger partial charge in [0.2, 0.25) is 0 Å². The van der Waals surface area contributed by atoms with Crippen molar-refractivity contribution in [1.29, 1.82) is 0 Å². The smallest absolute Gasteiger partial charge is 0.332 e. The molecule has 0 amide bonds. The minimum atomic E-state index is -0.448. The lowest BCUT2D eigenvalue weighted by Gasteiger charge is -2.33. The van der Waals surface area contributed by atoms with Crippen LogP contribution < -0.4 is 0 Å². The maximum absolute atomic E-state index is 11.8. The predicted molar refractivity (Wildman–Crippen MR) is 59.5 cm³/mol. The summed E-state index contributed by atoms with van der Waals surface area (Å²) in [6.45, 7) is 4.72. The van der Waals surface area contributed by atoms with Crippen molar-refractivity contribution in [3.8, 4) is 0 Å². The molecule has 0 radical (unpaired) electrons. The zero-order valence-electron chi connectivity index (χ0n) is 9.56. The number of fused-ring (bicyclic) bond motifs is 3. The van der Waals surface area contributed by atoms with Gasteiger partial charge in [-0.25, -0.2) is 4.79 Å². The summed E-state index contributed by atoms with van der Waals surface area (Å²) in [4.78, 5) is 17.1. The molecule has 0 spiro atoms. The predicted octanol–water partition coefficient (Wildman–Crippen LogP) is 2.08. The van der Waals surface area contributed by atoms with E-state index < -0.39 is 5.41 Å². The fourth-order valence-electron chi connectivity index (χ4n) is 2.73. The van der Waals surface area contributed by atoms with Crippen molar-refractivity contribution in [3.63, 3.8) is 0 Å². The summed E-state index contributed by atoms with van der Waals surface area (Å²) >= 11 is 0. The van der Waals surface area contributed by atoms with Gasteiger partial charge in [0.1, 0.15) is 0 Å². The van der Waals surface area contributed by atoms with Crippen molar-refractivity contribution in [2.24, 2.45) is 5.41 Å². The average Bonchev–Trinajstić information content (AvgIpc) is 2.50. The fraction of sp³-hybridized carbons (Fsp3) is 0.462. The van der Waals surface area contributed by atoms with Gasteiger partial charge in [0.25, 0.3) is 0 Å². The van der Waals surface area contributed by atoms with Crippen LogP contribution in [0.1, 0.15) is 31.0 Å². The molecule has 1 atom stereocenters. The Morgan fingerprint density at radius 1 is 1.38 bits per heavy atom. The first kappa shape index (κ1) is 9.85. The Labute approximate surface area is 95.0 Å². The van der Waals surface area contributed by atoms with E-state index in [-0.39, 0.29) is 12.0 Å². The van der Waals surface area contributed by atoms with E-state index in [2.05, 4.69) is 18.2 Å². The van der Waals surface area contributed by atoms with Crippen LogP contribution in [0.4, 0.5) is 0 Å². The molecular weight excluding hydrogens is 202 g/mol. The SMILES string of the molecule is CC1(C)C(=O)ON2CCc3ccccc3C21. The lowest BCUT2D eigenvalue weighted by atomic mass is 9.78. The minimum Gasteiger partial charge on any atom is -0.367 e. The highest BCUT2D eigenvalue weighted by Crippen LogP contribution is 2.48. The van der Waals surface area contributed by atoms with Crippen molar-refractivity contribution >= 4 is 5.97 Å². The van der Waals surface area contributed by atoms with E-state index in [9.17, 15) is 4.79 Å². The number of hydrogen-bond acceptors (Lipinski definition) is 3. The van der Waals surface area contributed by atoms with Gasteiger partial charge in [-0.1, -0.05) is 24.3 Å². The molecule has 1 aromatic carbocycles. The van der Waals surface area contributed by atoms with Crippen molar-refractivity contribution in [3.05, 3.63) is 35.4 Å². The Morgan fingerprint density at radius 3 is 2.94 bits per heavy atom. The molecule has 1 aromatic rings. The summed E-state index contributed by atoms with van der Waals surface area (Å²) < 4.78 is 0. The molecule has 0 aliphatic carbocycles. The molecule has 16 heavy (non-hydrogen) atoms. The third-order valence-electron chi connectivity index (χ3n) is 3.65. The molecule has 0 aromatic heterocycles. The van der Waals surface area contributed by atoms with E-state index in [4.69, 9.17) is 4.84 Å². The molecule has 1 unspecified atom stereocenters. The maximum Gasteiger partial charge on any atom is 0.332 e. The van der Waals surface area contributed by atoms with Gasteiger partial charge in [0, 0.05) is 6.54 Å². The van der Waals surface area contributed by atoms with Gasteiger partial charge in [0.05, 0.1) is 11.5 Å². The normalized spacial score (nSPS) is 27.1. The summed E-state index contributed by atoms with van der Waals surface area (Å²) in [5, 5.41) is 1.84. The van der Waals surface area contributed by atoms with Gasteiger partial charge in [0.15, 0.2) is 0 Å². The highest BCUT2D eigenvalue weighted by molar-refractivity contribution is 5.79. The maximum atomic E-state index is 11.8. The fourth-order valence-corrected chi connectivity index (χ4v) is 2.73. The second kappa shape index (κ2) is 3.08. The Balaban J connectivity index is 2.14. The lowest BCUT2D eigenvalue weighted by Crippen LogP contribution is -2.35. The first-order valence-electron chi connectivity index (χ1n) is 5.67. The van der Waals surface area contributed by atoms with Crippen LogP contribution in [0.5, 0.6) is 0 Å². The second-order valence-corrected chi connectivity index (χ2v) is 5.09. The number of nitrogens with zero attached hydrogens (tertiary/aromatic N) is 1. The van der Waals surface area contributed by atoms with Crippen LogP contribution in [0.15, 0.2) is 24.3 Å². The first-order chi connectivity index (χ1) is 7.60. The van der Waals surface area contributed by atoms with Gasteiger partial charge in [-0.05, 0) is 31.4 Å². The molecule has 2 heterocycles. The Morgan fingerprint density at radius 2 is 2.12 bits per heavy atom. The summed E-state index contributed by atoms with van der Waals surface area (Å²) in [5.74, 6) is -0.116. The number of hydrogen-bond donors (Lipinski definition) is 0. The van der Waals surface area contributed by atoms with Crippen LogP contribution in [-0.2, 0) is 16.1 Å². The summed E-state index contributed by atoms with van der Waals surface area (Å²) in [6.07, 6.45) is 0.954. The molecule has 3 rings (SSSR count). The average molecular weight is 217 g/mol. The highest BCUT2D eigenvalue weighted by atomic mass is 16.7. The molecule has 3 heteroatoms. The van der Waals surface area contributed by atoms with Crippen molar-refractivity contribution < 1.29 is 9.63 Å². The Hall–Kier alpha value is -1.35. The molecule has 1 saturated heterocycles. The molecule has 84 valence electrons. The molecule has 2 aliphatic heterocycles. The van der Waals surface area contributed by atoms with E-state index in [0.717, 1.165) is 13.0 Å². The number of hydroxylamine groups is 2. The Bertz CT molecular complexity index is 453. The molecule has 0 N–H and O–H groups in total. The number of carbonyl (C=O) groups excluding carboxylic acids is 1. The lowest BCUT2D eigenvalue weighted by molar-refractivity contribution is -0.177. The van der Waals surface area contributed by atoms with Crippen LogP contribution >= 0.6 is 0 Å². The summed E-state index contributed by atoms with van der Waals surface area (Å²) in [5.41, 5.74) is 2.14. The van der Waals surface area contributed by atoms with Gasteiger partial charge in [-0.15, -0.1) is 5.06 Å². The third kappa shape index (κ3) is 1.15. The quantitative estimate of drug-likeness (QED) is 0.666. The number of carbonyl (C=O) groups is 1. The topological polar surface area (TPSA) is 29.5 Å². The highest BCUT2D eigenvalue weighted by Gasteiger charge is 2.52. The van der Waals surface area contributed by atoms with Gasteiger partial charge in [-0.3, -0.25) is 0 Å². The molecule has 2 aliphatic rings. The minimum absolute atomic E-state index is 0.0740. The summed E-state index contributed by atoms with van der Waals surface area (Å²) in [6, 6.07) is 8.41. The largest absolute Gasteiger partial charge is 0.367 e. The van der Waals surface area contributed by atoms with Crippen molar-refractivity contribution in [2.75, 3.05) is 6.54 Å². The molecule has 0 saturated carbocycles. The van der Waals surface area contributed by atoms with Crippen molar-refractivity contribution in [2.45, 2.75) is 26.3 Å². The van der Waals surface area contributed by atoms with E-state index >= 15 is 0 Å². The van der Waals surface area contributed by atoms with E-state index in [0.29, 0.717) is 0 Å². The molecular formula is C13H15NO2. The van der Waals surface area contributed by atoms with Crippen LogP contribution in [0.25, 0.3) is 0 Å². The van der Waals surface area contributed by atoms with E-state index in [1.165, 1.54) is 11.1 Å². The van der Waals surface area contributed by atoms with Gasteiger partial charge < -0.3 is 4.84 Å². The molecule has 0 bridgehead atoms. The number of rotatable bonds is 0. The van der Waals surface area contributed by atoms with Crippen LogP contribution in [0.3, 0.4) is 0 Å². The zero-order chi connectivity index (χ0) is 11.3. The first-order valence-corrected chi connectivity index (χ1v) is 5.67. The third-order valence-corrected chi connectivity index (χ3v) is 3.65. The molecule has 1 fully saturated rings. The van der Waals surface area contributed by atoms with Crippen molar-refractivity contribution in [1.82, 2.24) is 5.06 Å². The Kier molecular flexibility index (Phi) is 1.89. The van der Waals surface area contributed by atoms with Gasteiger partial charge in [-0.2, -0.15) is 0 Å². The van der Waals surface area contributed by atoms with Gasteiger partial charge >= 0.3 is 5.97 Å². The van der Waals surface area contributed by atoms with E-state index in [1.54, 1.807) is 0 Å². The second-order valence-electron chi connectivity index (χ2n) is 5.09. The number of benzene rings is 1. The van der Waals surface area contributed by atoms with E-state index in [1.807, 2.05) is 25.0 Å². The van der Waals surface area contributed by atoms with Crippen LogP contribution in [-0.4, -0.2) is 17.6 Å². The zero-order valence-corrected chi connectivity index (χ0v) is 9.56.